The van der Waals surface area contributed by atoms with E-state index in [1.54, 1.807) is 16.9 Å². The van der Waals surface area contributed by atoms with Gasteiger partial charge in [-0.3, -0.25) is 9.20 Å². The summed E-state index contributed by atoms with van der Waals surface area (Å²) in [5.41, 5.74) is 2.33. The van der Waals surface area contributed by atoms with Gasteiger partial charge >= 0.3 is 5.97 Å². The number of aromatic nitrogens is 3. The van der Waals surface area contributed by atoms with Crippen LogP contribution in [0.5, 0.6) is 0 Å². The summed E-state index contributed by atoms with van der Waals surface area (Å²) in [6.07, 6.45) is 5.31. The highest BCUT2D eigenvalue weighted by Gasteiger charge is 2.18. The fourth-order valence-corrected chi connectivity index (χ4v) is 2.41. The molecule has 1 N–H and O–H groups in total. The van der Waals surface area contributed by atoms with Crippen LogP contribution in [0.1, 0.15) is 30.1 Å². The summed E-state index contributed by atoms with van der Waals surface area (Å²) in [5, 5.41) is 8.77. The quantitative estimate of drug-likeness (QED) is 0.899. The van der Waals surface area contributed by atoms with E-state index in [1.807, 2.05) is 6.07 Å². The van der Waals surface area contributed by atoms with Gasteiger partial charge in [-0.15, -0.1) is 0 Å². The molecule has 2 aromatic rings. The highest BCUT2D eigenvalue weighted by molar-refractivity contribution is 5.69. The second-order valence-electron chi connectivity index (χ2n) is 4.77. The van der Waals surface area contributed by atoms with Gasteiger partial charge in [0.05, 0.1) is 12.1 Å². The van der Waals surface area contributed by atoms with E-state index in [1.165, 1.54) is 0 Å². The lowest BCUT2D eigenvalue weighted by Crippen LogP contribution is -2.15. The molecule has 6 heteroatoms. The summed E-state index contributed by atoms with van der Waals surface area (Å²) in [6.45, 7) is 1.55. The molecule has 0 amide bonds. The maximum absolute atomic E-state index is 10.7. The number of nitrogens with zero attached hydrogens (tertiary/aromatic N) is 3. The zero-order chi connectivity index (χ0) is 13.2. The lowest BCUT2D eigenvalue weighted by Gasteiger charge is -2.21. The molecular weight excluding hydrogens is 246 g/mol. The smallest absolute Gasteiger partial charge is 0.309 e. The highest BCUT2D eigenvalue weighted by atomic mass is 16.5. The Morgan fingerprint density at radius 2 is 2.26 bits per heavy atom. The van der Waals surface area contributed by atoms with Gasteiger partial charge in [-0.2, -0.15) is 0 Å². The van der Waals surface area contributed by atoms with E-state index < -0.39 is 5.97 Å². The predicted octanol–water partition coefficient (Wildman–Crippen LogP) is 1.25. The average molecular weight is 261 g/mol. The Bertz CT molecular complexity index is 602. The van der Waals surface area contributed by atoms with Crippen LogP contribution in [0.3, 0.4) is 0 Å². The first kappa shape index (κ1) is 12.1. The third-order valence-electron chi connectivity index (χ3n) is 3.39. The number of carboxylic acids is 1. The maximum atomic E-state index is 10.7. The monoisotopic (exact) mass is 261 g/mol. The van der Waals surface area contributed by atoms with Gasteiger partial charge in [-0.1, -0.05) is 0 Å². The zero-order valence-corrected chi connectivity index (χ0v) is 10.5. The average Bonchev–Trinajstić information content (AvgIpc) is 2.79. The number of aliphatic carboxylic acids is 1. The fraction of sp³-hybridized carbons (Fsp3) is 0.462. The Hall–Kier alpha value is -1.95. The van der Waals surface area contributed by atoms with Crippen LogP contribution in [0, 0.1) is 0 Å². The van der Waals surface area contributed by atoms with Gasteiger partial charge in [-0.25, -0.2) is 9.97 Å². The Labute approximate surface area is 110 Å². The number of hydrogen-bond donors (Lipinski definition) is 1. The lowest BCUT2D eigenvalue weighted by atomic mass is 9.96. The number of hydrogen-bond acceptors (Lipinski definition) is 4. The van der Waals surface area contributed by atoms with Crippen molar-refractivity contribution in [2.45, 2.75) is 25.2 Å². The molecule has 0 aromatic carbocycles. The van der Waals surface area contributed by atoms with E-state index >= 15 is 0 Å². The second kappa shape index (κ2) is 4.97. The van der Waals surface area contributed by atoms with Crippen molar-refractivity contribution in [3.8, 4) is 0 Å². The standard InChI is InChI=1S/C13H15N3O3/c17-13(18)5-10-7-16-8-14-11(6-12(16)15-10)9-1-3-19-4-2-9/h6-9H,1-5H2,(H,17,18). The summed E-state index contributed by atoms with van der Waals surface area (Å²) in [4.78, 5) is 19.4. The van der Waals surface area contributed by atoms with E-state index in [9.17, 15) is 4.79 Å². The minimum atomic E-state index is -0.874. The number of imidazole rings is 1. The zero-order valence-electron chi connectivity index (χ0n) is 10.5. The van der Waals surface area contributed by atoms with Crippen LogP contribution < -0.4 is 0 Å². The molecule has 3 rings (SSSR count). The molecule has 0 unspecified atom stereocenters. The predicted molar refractivity (Wildman–Crippen MR) is 67.1 cm³/mol. The molecule has 0 spiro atoms. The molecule has 0 saturated carbocycles. The van der Waals surface area contributed by atoms with E-state index in [0.717, 1.165) is 37.4 Å². The number of ether oxygens (including phenoxy) is 1. The Morgan fingerprint density at radius 1 is 1.47 bits per heavy atom. The van der Waals surface area contributed by atoms with Crippen LogP contribution in [0.4, 0.5) is 0 Å². The van der Waals surface area contributed by atoms with Gasteiger partial charge in [-0.05, 0) is 12.8 Å². The Balaban J connectivity index is 1.89. The molecule has 19 heavy (non-hydrogen) atoms. The summed E-state index contributed by atoms with van der Waals surface area (Å²) in [6, 6.07) is 1.95. The molecule has 3 heterocycles. The maximum Gasteiger partial charge on any atom is 0.309 e. The molecule has 0 radical (unpaired) electrons. The Kier molecular flexibility index (Phi) is 3.16. The first-order chi connectivity index (χ1) is 9.22. The molecular formula is C13H15N3O3. The summed E-state index contributed by atoms with van der Waals surface area (Å²) < 4.78 is 7.11. The summed E-state index contributed by atoms with van der Waals surface area (Å²) in [7, 11) is 0. The number of fused-ring (bicyclic) bond motifs is 1. The minimum absolute atomic E-state index is 0.0612. The minimum Gasteiger partial charge on any atom is -0.481 e. The molecule has 0 atom stereocenters. The van der Waals surface area contributed by atoms with E-state index in [-0.39, 0.29) is 6.42 Å². The van der Waals surface area contributed by atoms with Gasteiger partial charge in [0.2, 0.25) is 0 Å². The van der Waals surface area contributed by atoms with Gasteiger partial charge in [0.15, 0.2) is 0 Å². The van der Waals surface area contributed by atoms with Crippen LogP contribution >= 0.6 is 0 Å². The van der Waals surface area contributed by atoms with Crippen LogP contribution in [-0.4, -0.2) is 38.7 Å². The molecule has 2 aromatic heterocycles. The summed E-state index contributed by atoms with van der Waals surface area (Å²) in [5.74, 6) is -0.459. The molecule has 1 fully saturated rings. The van der Waals surface area contributed by atoms with Crippen molar-refractivity contribution in [3.05, 3.63) is 30.0 Å². The van der Waals surface area contributed by atoms with Crippen molar-refractivity contribution in [3.63, 3.8) is 0 Å². The lowest BCUT2D eigenvalue weighted by molar-refractivity contribution is -0.136. The molecule has 1 aliphatic heterocycles. The van der Waals surface area contributed by atoms with Crippen LogP contribution in [0.2, 0.25) is 0 Å². The third kappa shape index (κ3) is 2.58. The number of carbonyl (C=O) groups is 1. The largest absolute Gasteiger partial charge is 0.481 e. The highest BCUT2D eigenvalue weighted by Crippen LogP contribution is 2.25. The molecule has 1 saturated heterocycles. The van der Waals surface area contributed by atoms with Gasteiger partial charge in [0.25, 0.3) is 0 Å². The number of rotatable bonds is 3. The number of carboxylic acid groups (broad SMARTS) is 1. The van der Waals surface area contributed by atoms with E-state index in [0.29, 0.717) is 11.6 Å². The van der Waals surface area contributed by atoms with Gasteiger partial charge in [0.1, 0.15) is 12.0 Å². The second-order valence-corrected chi connectivity index (χ2v) is 4.77. The fourth-order valence-electron chi connectivity index (χ4n) is 2.41. The topological polar surface area (TPSA) is 76.7 Å². The van der Waals surface area contributed by atoms with Crippen molar-refractivity contribution < 1.29 is 14.6 Å². The Morgan fingerprint density at radius 3 is 3.00 bits per heavy atom. The first-order valence-electron chi connectivity index (χ1n) is 6.35. The molecule has 0 aliphatic carbocycles. The van der Waals surface area contributed by atoms with Crippen LogP contribution in [-0.2, 0) is 16.0 Å². The van der Waals surface area contributed by atoms with Crippen molar-refractivity contribution >= 4 is 11.6 Å². The molecule has 100 valence electrons. The van der Waals surface area contributed by atoms with Crippen molar-refractivity contribution in [2.75, 3.05) is 13.2 Å². The van der Waals surface area contributed by atoms with Crippen molar-refractivity contribution in [1.29, 1.82) is 0 Å². The molecule has 0 bridgehead atoms. The summed E-state index contributed by atoms with van der Waals surface area (Å²) >= 11 is 0. The molecule has 6 nitrogen and oxygen atoms in total. The van der Waals surface area contributed by atoms with E-state index in [4.69, 9.17) is 9.84 Å². The molecule has 1 aliphatic rings. The van der Waals surface area contributed by atoms with Gasteiger partial charge in [0, 0.05) is 37.1 Å². The SMILES string of the molecule is O=C(O)Cc1cn2cnc(C3CCOCC3)cc2n1. The van der Waals surface area contributed by atoms with Crippen molar-refractivity contribution in [2.24, 2.45) is 0 Å². The van der Waals surface area contributed by atoms with Crippen molar-refractivity contribution in [1.82, 2.24) is 14.4 Å². The third-order valence-corrected chi connectivity index (χ3v) is 3.39. The van der Waals surface area contributed by atoms with Crippen LogP contribution in [0.15, 0.2) is 18.6 Å². The van der Waals surface area contributed by atoms with Crippen LogP contribution in [0.25, 0.3) is 5.65 Å². The van der Waals surface area contributed by atoms with Gasteiger partial charge < -0.3 is 9.84 Å². The first-order valence-corrected chi connectivity index (χ1v) is 6.35. The van der Waals surface area contributed by atoms with E-state index in [2.05, 4.69) is 9.97 Å². The normalized spacial score (nSPS) is 16.8.